The Kier molecular flexibility index (Phi) is 5.35. The van der Waals surface area contributed by atoms with Gasteiger partial charge < -0.3 is 10.5 Å². The van der Waals surface area contributed by atoms with Crippen molar-refractivity contribution in [3.05, 3.63) is 0 Å². The fourth-order valence-electron chi connectivity index (χ4n) is 1.57. The quantitative estimate of drug-likeness (QED) is 0.571. The molecule has 13 heavy (non-hydrogen) atoms. The second-order valence-electron chi connectivity index (χ2n) is 3.67. The molecule has 0 aromatic carbocycles. The molecule has 3 heteroatoms. The number of rotatable bonds is 8. The van der Waals surface area contributed by atoms with Gasteiger partial charge in [-0.2, -0.15) is 0 Å². The Morgan fingerprint density at radius 1 is 1.31 bits per heavy atom. The largest absolute Gasteiger partial charge is 0.379 e. The molecule has 0 unspecified atom stereocenters. The first-order valence-corrected chi connectivity index (χ1v) is 5.40. The summed E-state index contributed by atoms with van der Waals surface area (Å²) in [6, 6.07) is 0.862. The van der Waals surface area contributed by atoms with E-state index in [1.807, 2.05) is 0 Å². The van der Waals surface area contributed by atoms with Crippen molar-refractivity contribution < 1.29 is 4.74 Å². The number of nitrogens with zero attached hydrogens (tertiary/aromatic N) is 1. The van der Waals surface area contributed by atoms with E-state index in [1.54, 1.807) is 0 Å². The smallest absolute Gasteiger partial charge is 0.0594 e. The van der Waals surface area contributed by atoms with Gasteiger partial charge in [0.05, 0.1) is 13.2 Å². The van der Waals surface area contributed by atoms with Gasteiger partial charge in [-0.15, -0.1) is 0 Å². The summed E-state index contributed by atoms with van der Waals surface area (Å²) < 4.78 is 5.37. The fourth-order valence-corrected chi connectivity index (χ4v) is 1.57. The molecule has 0 radical (unpaired) electrons. The van der Waals surface area contributed by atoms with Gasteiger partial charge in [0.15, 0.2) is 0 Å². The van der Waals surface area contributed by atoms with Crippen molar-refractivity contribution in [2.75, 3.05) is 32.8 Å². The van der Waals surface area contributed by atoms with Gasteiger partial charge in [-0.3, -0.25) is 4.90 Å². The maximum absolute atomic E-state index is 5.37. The molecule has 3 nitrogen and oxygen atoms in total. The Balaban J connectivity index is 2.00. The number of ether oxygens (including phenoxy) is 1. The van der Waals surface area contributed by atoms with E-state index >= 15 is 0 Å². The molecule has 1 aliphatic rings. The molecule has 0 saturated heterocycles. The van der Waals surface area contributed by atoms with Gasteiger partial charge in [-0.05, 0) is 25.8 Å². The van der Waals surface area contributed by atoms with Gasteiger partial charge in [-0.1, -0.05) is 6.92 Å². The van der Waals surface area contributed by atoms with Crippen molar-refractivity contribution in [1.82, 2.24) is 4.90 Å². The first-order valence-electron chi connectivity index (χ1n) is 5.40. The summed E-state index contributed by atoms with van der Waals surface area (Å²) >= 11 is 0. The Bertz CT molecular complexity index is 126. The van der Waals surface area contributed by atoms with Gasteiger partial charge in [0.2, 0.25) is 0 Å². The average molecular weight is 186 g/mol. The number of nitrogens with two attached hydrogens (primary N) is 1. The van der Waals surface area contributed by atoms with Crippen LogP contribution in [0.4, 0.5) is 0 Å². The average Bonchev–Trinajstić information content (AvgIpc) is 2.93. The molecular formula is C10H22N2O. The number of hydrogen-bond donors (Lipinski definition) is 1. The third-order valence-corrected chi connectivity index (χ3v) is 2.36. The van der Waals surface area contributed by atoms with Crippen molar-refractivity contribution in [1.29, 1.82) is 0 Å². The van der Waals surface area contributed by atoms with Crippen molar-refractivity contribution in [2.24, 2.45) is 5.73 Å². The molecule has 1 rings (SSSR count). The van der Waals surface area contributed by atoms with E-state index in [9.17, 15) is 0 Å². The summed E-state index contributed by atoms with van der Waals surface area (Å²) in [6.07, 6.45) is 4.02. The Labute approximate surface area is 81.2 Å². The lowest BCUT2D eigenvalue weighted by Gasteiger charge is -2.20. The molecule has 0 bridgehead atoms. The Morgan fingerprint density at radius 3 is 2.62 bits per heavy atom. The minimum absolute atomic E-state index is 0.636. The molecule has 1 aliphatic carbocycles. The van der Waals surface area contributed by atoms with Crippen LogP contribution >= 0.6 is 0 Å². The maximum Gasteiger partial charge on any atom is 0.0594 e. The predicted octanol–water partition coefficient (Wildman–Crippen LogP) is 0.836. The zero-order valence-electron chi connectivity index (χ0n) is 8.67. The molecule has 78 valence electrons. The van der Waals surface area contributed by atoms with Crippen molar-refractivity contribution >= 4 is 0 Å². The van der Waals surface area contributed by atoms with Gasteiger partial charge in [0.1, 0.15) is 0 Å². The van der Waals surface area contributed by atoms with Crippen LogP contribution in [-0.4, -0.2) is 43.8 Å². The Morgan fingerprint density at radius 2 is 2.08 bits per heavy atom. The summed E-state index contributed by atoms with van der Waals surface area (Å²) in [4.78, 5) is 2.54. The fraction of sp³-hybridized carbons (Fsp3) is 1.00. The van der Waals surface area contributed by atoms with Crippen LogP contribution < -0.4 is 5.73 Å². The van der Waals surface area contributed by atoms with Crippen molar-refractivity contribution in [2.45, 2.75) is 32.2 Å². The summed E-state index contributed by atoms with van der Waals surface area (Å²) in [7, 11) is 0. The van der Waals surface area contributed by atoms with Crippen LogP contribution in [0, 0.1) is 0 Å². The second-order valence-corrected chi connectivity index (χ2v) is 3.67. The van der Waals surface area contributed by atoms with Crippen LogP contribution in [0.5, 0.6) is 0 Å². The van der Waals surface area contributed by atoms with Crippen LogP contribution in [0.2, 0.25) is 0 Å². The van der Waals surface area contributed by atoms with E-state index in [0.717, 1.165) is 19.2 Å². The van der Waals surface area contributed by atoms with E-state index in [4.69, 9.17) is 10.5 Å². The molecule has 0 aromatic rings. The summed E-state index contributed by atoms with van der Waals surface area (Å²) in [5.74, 6) is 0. The minimum atomic E-state index is 0.636. The zero-order chi connectivity index (χ0) is 9.52. The summed E-state index contributed by atoms with van der Waals surface area (Å²) in [5, 5.41) is 0. The highest BCUT2D eigenvalue weighted by atomic mass is 16.5. The minimum Gasteiger partial charge on any atom is -0.379 e. The summed E-state index contributed by atoms with van der Waals surface area (Å²) in [6.45, 7) is 6.71. The topological polar surface area (TPSA) is 38.5 Å². The van der Waals surface area contributed by atoms with Gasteiger partial charge in [0.25, 0.3) is 0 Å². The Hall–Kier alpha value is -0.120. The molecule has 0 aromatic heterocycles. The lowest BCUT2D eigenvalue weighted by molar-refractivity contribution is 0.106. The SMILES string of the molecule is CCCN(CCOCCN)C1CC1. The monoisotopic (exact) mass is 186 g/mol. The number of hydrogen-bond acceptors (Lipinski definition) is 3. The van der Waals surface area contributed by atoms with Crippen LogP contribution in [-0.2, 0) is 4.74 Å². The lowest BCUT2D eigenvalue weighted by atomic mass is 10.4. The van der Waals surface area contributed by atoms with Gasteiger partial charge in [-0.25, -0.2) is 0 Å². The van der Waals surface area contributed by atoms with Crippen LogP contribution in [0.25, 0.3) is 0 Å². The van der Waals surface area contributed by atoms with Crippen LogP contribution in [0.3, 0.4) is 0 Å². The van der Waals surface area contributed by atoms with Crippen molar-refractivity contribution in [3.63, 3.8) is 0 Å². The van der Waals surface area contributed by atoms with Crippen molar-refractivity contribution in [3.8, 4) is 0 Å². The van der Waals surface area contributed by atoms with E-state index in [2.05, 4.69) is 11.8 Å². The van der Waals surface area contributed by atoms with E-state index in [1.165, 1.54) is 25.8 Å². The standard InChI is InChI=1S/C10H22N2O/c1-2-6-12(10-3-4-10)7-9-13-8-5-11/h10H,2-9,11H2,1H3. The van der Waals surface area contributed by atoms with E-state index < -0.39 is 0 Å². The molecule has 1 saturated carbocycles. The third-order valence-electron chi connectivity index (χ3n) is 2.36. The molecule has 1 fully saturated rings. The molecule has 0 aliphatic heterocycles. The predicted molar refractivity (Wildman–Crippen MR) is 54.8 cm³/mol. The van der Waals surface area contributed by atoms with Crippen LogP contribution in [0.1, 0.15) is 26.2 Å². The molecule has 0 spiro atoms. The maximum atomic E-state index is 5.37. The van der Waals surface area contributed by atoms with E-state index in [0.29, 0.717) is 13.2 Å². The van der Waals surface area contributed by atoms with Gasteiger partial charge in [0, 0.05) is 19.1 Å². The first kappa shape index (κ1) is 11.0. The highest BCUT2D eigenvalue weighted by Crippen LogP contribution is 2.26. The van der Waals surface area contributed by atoms with E-state index in [-0.39, 0.29) is 0 Å². The lowest BCUT2D eigenvalue weighted by Crippen LogP contribution is -2.31. The zero-order valence-corrected chi connectivity index (χ0v) is 8.67. The molecule has 0 heterocycles. The highest BCUT2D eigenvalue weighted by Gasteiger charge is 2.27. The summed E-state index contributed by atoms with van der Waals surface area (Å²) in [5.41, 5.74) is 5.34. The molecule has 0 amide bonds. The van der Waals surface area contributed by atoms with Gasteiger partial charge >= 0.3 is 0 Å². The normalized spacial score (nSPS) is 16.8. The molecule has 0 atom stereocenters. The highest BCUT2D eigenvalue weighted by molar-refractivity contribution is 4.83. The molecular weight excluding hydrogens is 164 g/mol. The third kappa shape index (κ3) is 4.60. The molecule has 2 N–H and O–H groups in total. The van der Waals surface area contributed by atoms with Crippen LogP contribution in [0.15, 0.2) is 0 Å². The first-order chi connectivity index (χ1) is 6.38. The second kappa shape index (κ2) is 6.35.